The number of imidazole rings is 1. The van der Waals surface area contributed by atoms with Crippen LogP contribution in [-0.4, -0.2) is 32.1 Å². The predicted octanol–water partition coefficient (Wildman–Crippen LogP) is 3.66. The van der Waals surface area contributed by atoms with E-state index >= 15 is 0 Å². The fraction of sp³-hybridized carbons (Fsp3) is 0.150. The van der Waals surface area contributed by atoms with Crippen LogP contribution in [0.2, 0.25) is 0 Å². The lowest BCUT2D eigenvalue weighted by Gasteiger charge is -2.10. The zero-order valence-electron chi connectivity index (χ0n) is 14.4. The molecule has 6 heteroatoms. The summed E-state index contributed by atoms with van der Waals surface area (Å²) in [6.45, 7) is 1.97. The van der Waals surface area contributed by atoms with E-state index in [9.17, 15) is 4.79 Å². The van der Waals surface area contributed by atoms with E-state index in [1.807, 2.05) is 67.6 Å². The third kappa shape index (κ3) is 3.21. The number of hydrogen-bond acceptors (Lipinski definition) is 3. The quantitative estimate of drug-likeness (QED) is 0.516. The van der Waals surface area contributed by atoms with Crippen LogP contribution >= 0.6 is 0 Å². The van der Waals surface area contributed by atoms with Gasteiger partial charge < -0.3 is 10.3 Å². The third-order valence-electron chi connectivity index (χ3n) is 4.25. The molecule has 1 amide bonds. The number of carbonyl (C=O) groups is 1. The lowest BCUT2D eigenvalue weighted by atomic mass is 10.1. The number of carbonyl (C=O) groups excluding carboxylic acids is 1. The van der Waals surface area contributed by atoms with Gasteiger partial charge in [0.2, 0.25) is 0 Å². The van der Waals surface area contributed by atoms with Crippen molar-refractivity contribution in [2.45, 2.75) is 19.4 Å². The van der Waals surface area contributed by atoms with Crippen molar-refractivity contribution in [3.8, 4) is 0 Å². The average Bonchev–Trinajstić information content (AvgIpc) is 3.26. The first-order valence-corrected chi connectivity index (χ1v) is 8.56. The Balaban J connectivity index is 1.38. The van der Waals surface area contributed by atoms with Crippen LogP contribution in [0.4, 0.5) is 0 Å². The van der Waals surface area contributed by atoms with Crippen molar-refractivity contribution in [3.05, 3.63) is 66.1 Å². The molecule has 0 aliphatic carbocycles. The summed E-state index contributed by atoms with van der Waals surface area (Å²) < 4.78 is 0. The molecule has 0 aliphatic rings. The molecule has 0 saturated heterocycles. The summed E-state index contributed by atoms with van der Waals surface area (Å²) in [5.41, 5.74) is 3.56. The minimum absolute atomic E-state index is 0.0128. The van der Waals surface area contributed by atoms with Gasteiger partial charge in [-0.15, -0.1) is 0 Å². The Morgan fingerprint density at radius 1 is 1.15 bits per heavy atom. The SMILES string of the molecule is C[C@@H](C/C=C/c1[nH]nc2ccccc12)NC(=O)c1nc2ccccc2[nH]1. The first-order chi connectivity index (χ1) is 12.7. The molecule has 1 atom stereocenters. The van der Waals surface area contributed by atoms with Crippen LogP contribution in [0.3, 0.4) is 0 Å². The Hall–Kier alpha value is -3.41. The average molecular weight is 345 g/mol. The maximum Gasteiger partial charge on any atom is 0.287 e. The lowest BCUT2D eigenvalue weighted by Crippen LogP contribution is -2.32. The zero-order chi connectivity index (χ0) is 17.9. The van der Waals surface area contributed by atoms with Crippen LogP contribution in [0.25, 0.3) is 28.0 Å². The van der Waals surface area contributed by atoms with Gasteiger partial charge in [0, 0.05) is 11.4 Å². The molecule has 130 valence electrons. The van der Waals surface area contributed by atoms with Crippen molar-refractivity contribution >= 4 is 33.9 Å². The van der Waals surface area contributed by atoms with Gasteiger partial charge in [0.1, 0.15) is 0 Å². The molecular weight excluding hydrogens is 326 g/mol. The third-order valence-corrected chi connectivity index (χ3v) is 4.25. The van der Waals surface area contributed by atoms with E-state index in [1.165, 1.54) is 0 Å². The highest BCUT2D eigenvalue weighted by molar-refractivity contribution is 5.94. The first kappa shape index (κ1) is 16.1. The van der Waals surface area contributed by atoms with Crippen LogP contribution in [-0.2, 0) is 0 Å². The number of hydrogen-bond donors (Lipinski definition) is 3. The fourth-order valence-corrected chi connectivity index (χ4v) is 2.91. The Kier molecular flexibility index (Phi) is 4.23. The van der Waals surface area contributed by atoms with Gasteiger partial charge in [0.15, 0.2) is 5.82 Å². The molecule has 3 N–H and O–H groups in total. The standard InChI is InChI=1S/C20H19N5O/c1-13(7-6-12-16-14-8-2-3-9-15(14)24-25-16)21-20(26)19-22-17-10-4-5-11-18(17)23-19/h2-6,8-13H,7H2,1H3,(H,21,26)(H,22,23)(H,24,25)/b12-6+/t13-/m0/s1. The van der Waals surface area contributed by atoms with Gasteiger partial charge in [-0.1, -0.05) is 36.4 Å². The van der Waals surface area contributed by atoms with Crippen molar-refractivity contribution in [3.63, 3.8) is 0 Å². The summed E-state index contributed by atoms with van der Waals surface area (Å²) in [5, 5.41) is 11.3. The normalized spacial score (nSPS) is 12.8. The van der Waals surface area contributed by atoms with Crippen molar-refractivity contribution in [1.29, 1.82) is 0 Å². The molecule has 0 spiro atoms. The van der Waals surface area contributed by atoms with Crippen LogP contribution in [0.5, 0.6) is 0 Å². The molecule has 2 aromatic carbocycles. The maximum atomic E-state index is 12.3. The monoisotopic (exact) mass is 345 g/mol. The molecule has 0 bridgehead atoms. The maximum absolute atomic E-state index is 12.3. The number of nitrogens with one attached hydrogen (secondary N) is 3. The van der Waals surface area contributed by atoms with Crippen LogP contribution in [0.1, 0.15) is 29.7 Å². The van der Waals surface area contributed by atoms with Crippen molar-refractivity contribution in [2.24, 2.45) is 0 Å². The van der Waals surface area contributed by atoms with E-state index in [1.54, 1.807) is 0 Å². The number of aromatic nitrogens is 4. The molecule has 6 nitrogen and oxygen atoms in total. The van der Waals surface area contributed by atoms with Crippen LogP contribution in [0, 0.1) is 0 Å². The van der Waals surface area contributed by atoms with Crippen LogP contribution < -0.4 is 5.32 Å². The molecule has 2 aromatic heterocycles. The highest BCUT2D eigenvalue weighted by atomic mass is 16.2. The van der Waals surface area contributed by atoms with E-state index in [0.29, 0.717) is 12.2 Å². The number of amides is 1. The smallest absolute Gasteiger partial charge is 0.287 e. The summed E-state index contributed by atoms with van der Waals surface area (Å²) in [6.07, 6.45) is 4.74. The second kappa shape index (κ2) is 6.84. The van der Waals surface area contributed by atoms with E-state index in [0.717, 1.165) is 27.6 Å². The van der Waals surface area contributed by atoms with Gasteiger partial charge in [0.25, 0.3) is 5.91 Å². The Morgan fingerprint density at radius 2 is 1.92 bits per heavy atom. The first-order valence-electron chi connectivity index (χ1n) is 8.56. The van der Waals surface area contributed by atoms with Crippen molar-refractivity contribution in [2.75, 3.05) is 0 Å². The molecule has 0 unspecified atom stereocenters. The number of aromatic amines is 2. The largest absolute Gasteiger partial charge is 0.347 e. The second-order valence-electron chi connectivity index (χ2n) is 6.27. The highest BCUT2D eigenvalue weighted by Gasteiger charge is 2.13. The number of benzene rings is 2. The van der Waals surface area contributed by atoms with Gasteiger partial charge in [-0.05, 0) is 37.6 Å². The molecular formula is C20H19N5O. The predicted molar refractivity (Wildman–Crippen MR) is 103 cm³/mol. The van der Waals surface area contributed by atoms with Crippen LogP contribution in [0.15, 0.2) is 54.6 Å². The Bertz CT molecular complexity index is 1060. The van der Waals surface area contributed by atoms with E-state index < -0.39 is 0 Å². The summed E-state index contributed by atoms with van der Waals surface area (Å²) in [5.74, 6) is 0.135. The minimum atomic E-state index is -0.200. The molecule has 4 rings (SSSR count). The number of rotatable bonds is 5. The zero-order valence-corrected chi connectivity index (χ0v) is 14.4. The summed E-state index contributed by atoms with van der Waals surface area (Å²) in [7, 11) is 0. The molecule has 0 saturated carbocycles. The molecule has 0 radical (unpaired) electrons. The van der Waals surface area contributed by atoms with Gasteiger partial charge in [-0.25, -0.2) is 4.98 Å². The lowest BCUT2D eigenvalue weighted by molar-refractivity contribution is 0.0931. The summed E-state index contributed by atoms with van der Waals surface area (Å²) in [4.78, 5) is 19.7. The van der Waals surface area contributed by atoms with Gasteiger partial charge >= 0.3 is 0 Å². The van der Waals surface area contributed by atoms with E-state index in [-0.39, 0.29) is 11.9 Å². The minimum Gasteiger partial charge on any atom is -0.347 e. The highest BCUT2D eigenvalue weighted by Crippen LogP contribution is 2.16. The molecule has 2 heterocycles. The molecule has 4 aromatic rings. The number of H-pyrrole nitrogens is 2. The Labute approximate surface area is 150 Å². The van der Waals surface area contributed by atoms with E-state index in [4.69, 9.17) is 0 Å². The molecule has 0 fully saturated rings. The van der Waals surface area contributed by atoms with Crippen molar-refractivity contribution < 1.29 is 4.79 Å². The van der Waals surface area contributed by atoms with E-state index in [2.05, 4.69) is 25.5 Å². The topological polar surface area (TPSA) is 86.5 Å². The second-order valence-corrected chi connectivity index (χ2v) is 6.27. The summed E-state index contributed by atoms with van der Waals surface area (Å²) >= 11 is 0. The number of fused-ring (bicyclic) bond motifs is 2. The van der Waals surface area contributed by atoms with Crippen molar-refractivity contribution in [1.82, 2.24) is 25.5 Å². The number of nitrogens with zero attached hydrogens (tertiary/aromatic N) is 2. The molecule has 0 aliphatic heterocycles. The Morgan fingerprint density at radius 3 is 2.77 bits per heavy atom. The van der Waals surface area contributed by atoms with Gasteiger partial charge in [-0.2, -0.15) is 5.10 Å². The van der Waals surface area contributed by atoms with Gasteiger partial charge in [-0.3, -0.25) is 9.89 Å². The number of para-hydroxylation sites is 3. The van der Waals surface area contributed by atoms with Gasteiger partial charge in [0.05, 0.1) is 22.2 Å². The summed E-state index contributed by atoms with van der Waals surface area (Å²) in [6, 6.07) is 15.5. The fourth-order valence-electron chi connectivity index (χ4n) is 2.91. The molecule has 26 heavy (non-hydrogen) atoms.